The van der Waals surface area contributed by atoms with E-state index in [0.717, 1.165) is 12.8 Å². The van der Waals surface area contributed by atoms with Crippen molar-refractivity contribution in [3.8, 4) is 6.07 Å². The molecule has 7 heteroatoms. The summed E-state index contributed by atoms with van der Waals surface area (Å²) in [6, 6.07) is 18.6. The molecule has 0 spiro atoms. The number of carbonyl (C=O) groups excluding carboxylic acids is 1. The van der Waals surface area contributed by atoms with Gasteiger partial charge in [-0.05, 0) is 37.1 Å². The molecule has 0 aliphatic heterocycles. The monoisotopic (exact) mass is 390 g/mol. The van der Waals surface area contributed by atoms with Crippen LogP contribution in [0.2, 0.25) is 0 Å². The molecule has 1 amide bonds. The number of hydrogen-bond donors (Lipinski definition) is 0. The molecule has 0 atom stereocenters. The number of amides is 1. The first-order valence-electron chi connectivity index (χ1n) is 9.05. The summed E-state index contributed by atoms with van der Waals surface area (Å²) in [7, 11) is 0. The lowest BCUT2D eigenvalue weighted by Gasteiger charge is -2.20. The number of nitrogens with zero attached hydrogens (tertiary/aromatic N) is 4. The van der Waals surface area contributed by atoms with Gasteiger partial charge in [-0.15, -0.1) is 0 Å². The van der Waals surface area contributed by atoms with Crippen LogP contribution < -0.4 is 10.5 Å². The second-order valence-corrected chi connectivity index (χ2v) is 7.52. The predicted molar refractivity (Wildman–Crippen MR) is 109 cm³/mol. The summed E-state index contributed by atoms with van der Waals surface area (Å²) in [5.41, 5.74) is 1.26. The number of thioether (sulfide) groups is 1. The fourth-order valence-corrected chi connectivity index (χ4v) is 4.03. The second kappa shape index (κ2) is 7.87. The van der Waals surface area contributed by atoms with Crippen molar-refractivity contribution in [2.75, 3.05) is 17.2 Å². The molecule has 6 nitrogen and oxygen atoms in total. The molecule has 0 unspecified atom stereocenters. The Kier molecular flexibility index (Phi) is 5.13. The van der Waals surface area contributed by atoms with Crippen LogP contribution in [-0.4, -0.2) is 27.8 Å². The molecule has 1 saturated carbocycles. The molecule has 3 aromatic rings. The molecule has 1 heterocycles. The molecule has 28 heavy (non-hydrogen) atoms. The highest BCUT2D eigenvalue weighted by atomic mass is 32.2. The molecule has 0 N–H and O–H groups in total. The minimum atomic E-state index is -0.192. The normalized spacial score (nSPS) is 13.2. The van der Waals surface area contributed by atoms with Crippen molar-refractivity contribution in [2.45, 2.75) is 24.0 Å². The third kappa shape index (κ3) is 3.64. The van der Waals surface area contributed by atoms with Gasteiger partial charge in [-0.25, -0.2) is 4.98 Å². The molecular formula is C21H18N4O2S. The molecule has 0 saturated heterocycles. The van der Waals surface area contributed by atoms with Gasteiger partial charge < -0.3 is 0 Å². The zero-order valence-electron chi connectivity index (χ0n) is 15.1. The Balaban J connectivity index is 1.61. The van der Waals surface area contributed by atoms with Crippen molar-refractivity contribution < 1.29 is 4.79 Å². The first kappa shape index (κ1) is 18.3. The van der Waals surface area contributed by atoms with Crippen LogP contribution in [0.25, 0.3) is 10.9 Å². The Morgan fingerprint density at radius 2 is 1.89 bits per heavy atom. The van der Waals surface area contributed by atoms with Gasteiger partial charge in [-0.3, -0.25) is 19.1 Å². The maximum Gasteiger partial charge on any atom is 0.262 e. The summed E-state index contributed by atoms with van der Waals surface area (Å²) < 4.78 is 1.72. The average Bonchev–Trinajstić information content (AvgIpc) is 3.56. The lowest BCUT2D eigenvalue weighted by molar-refractivity contribution is -0.116. The highest BCUT2D eigenvalue weighted by Crippen LogP contribution is 2.36. The van der Waals surface area contributed by atoms with E-state index in [1.807, 2.05) is 42.5 Å². The van der Waals surface area contributed by atoms with Gasteiger partial charge >= 0.3 is 0 Å². The summed E-state index contributed by atoms with van der Waals surface area (Å²) in [5.74, 6) is -0.0869. The van der Waals surface area contributed by atoms with Gasteiger partial charge in [0.1, 0.15) is 6.54 Å². The molecule has 2 aromatic carbocycles. The molecule has 0 bridgehead atoms. The van der Waals surface area contributed by atoms with Crippen LogP contribution in [0, 0.1) is 11.3 Å². The van der Waals surface area contributed by atoms with E-state index in [1.165, 1.54) is 16.7 Å². The van der Waals surface area contributed by atoms with Crippen LogP contribution in [0.1, 0.15) is 18.9 Å². The van der Waals surface area contributed by atoms with E-state index in [-0.39, 0.29) is 29.8 Å². The predicted octanol–water partition coefficient (Wildman–Crippen LogP) is 3.38. The quantitative estimate of drug-likeness (QED) is 0.366. The molecule has 1 aliphatic rings. The van der Waals surface area contributed by atoms with E-state index in [2.05, 4.69) is 4.98 Å². The highest BCUT2D eigenvalue weighted by Gasteiger charge is 2.29. The number of benzene rings is 2. The summed E-state index contributed by atoms with van der Waals surface area (Å²) in [5, 5.41) is 10.3. The Labute approximate surface area is 166 Å². The van der Waals surface area contributed by atoms with Crippen molar-refractivity contribution in [2.24, 2.45) is 0 Å². The lowest BCUT2D eigenvalue weighted by Crippen LogP contribution is -2.33. The summed E-state index contributed by atoms with van der Waals surface area (Å²) >= 11 is 1.25. The van der Waals surface area contributed by atoms with Gasteiger partial charge in [0.05, 0.1) is 22.7 Å². The van der Waals surface area contributed by atoms with Crippen LogP contribution in [0.4, 0.5) is 5.69 Å². The number of hydrogen-bond acceptors (Lipinski definition) is 5. The molecule has 1 aromatic heterocycles. The zero-order chi connectivity index (χ0) is 19.5. The van der Waals surface area contributed by atoms with Crippen molar-refractivity contribution in [3.63, 3.8) is 0 Å². The first-order chi connectivity index (χ1) is 13.7. The lowest BCUT2D eigenvalue weighted by atomic mass is 10.2. The summed E-state index contributed by atoms with van der Waals surface area (Å²) in [6.45, 7) is -0.0238. The number of nitriles is 1. The molecule has 1 fully saturated rings. The van der Waals surface area contributed by atoms with Gasteiger partial charge in [0, 0.05) is 11.7 Å². The first-order valence-corrected chi connectivity index (χ1v) is 10.0. The van der Waals surface area contributed by atoms with Crippen LogP contribution >= 0.6 is 11.8 Å². The van der Waals surface area contributed by atoms with Crippen LogP contribution in [0.5, 0.6) is 0 Å². The number of aromatic nitrogens is 2. The largest absolute Gasteiger partial charge is 0.298 e. The Morgan fingerprint density at radius 3 is 2.61 bits per heavy atom. The third-order valence-corrected chi connectivity index (χ3v) is 5.55. The number of rotatable bonds is 6. The van der Waals surface area contributed by atoms with E-state index < -0.39 is 0 Å². The maximum atomic E-state index is 12.9. The van der Waals surface area contributed by atoms with Crippen molar-refractivity contribution >= 4 is 34.3 Å². The van der Waals surface area contributed by atoms with E-state index in [4.69, 9.17) is 5.26 Å². The van der Waals surface area contributed by atoms with E-state index in [0.29, 0.717) is 21.7 Å². The average molecular weight is 390 g/mol. The molecule has 140 valence electrons. The summed E-state index contributed by atoms with van der Waals surface area (Å²) in [4.78, 5) is 31.8. The van der Waals surface area contributed by atoms with E-state index in [1.54, 1.807) is 22.8 Å². The minimum Gasteiger partial charge on any atom is -0.298 e. The van der Waals surface area contributed by atoms with Crippen molar-refractivity contribution in [3.05, 3.63) is 65.0 Å². The maximum absolute atomic E-state index is 12.9. The second-order valence-electron chi connectivity index (χ2n) is 6.58. The topological polar surface area (TPSA) is 79.0 Å². The van der Waals surface area contributed by atoms with Gasteiger partial charge in [-0.1, -0.05) is 42.1 Å². The SMILES string of the molecule is N#CCN(C(=O)CSc1nc2ccccc2c(=O)n1C1CC1)c1ccccc1. The van der Waals surface area contributed by atoms with Crippen LogP contribution in [0.15, 0.2) is 64.5 Å². The smallest absolute Gasteiger partial charge is 0.262 e. The van der Waals surface area contributed by atoms with Crippen LogP contribution in [0.3, 0.4) is 0 Å². The number of anilines is 1. The highest BCUT2D eigenvalue weighted by molar-refractivity contribution is 7.99. The number of fused-ring (bicyclic) bond motifs is 1. The van der Waals surface area contributed by atoms with Gasteiger partial charge in [0.15, 0.2) is 5.16 Å². The van der Waals surface area contributed by atoms with E-state index >= 15 is 0 Å². The van der Waals surface area contributed by atoms with Gasteiger partial charge in [0.2, 0.25) is 5.91 Å². The number of para-hydroxylation sites is 2. The molecule has 1 aliphatic carbocycles. The fourth-order valence-electron chi connectivity index (χ4n) is 3.09. The van der Waals surface area contributed by atoms with Crippen molar-refractivity contribution in [1.29, 1.82) is 5.26 Å². The standard InChI is InChI=1S/C21H18N4O2S/c22-12-13-24(15-6-2-1-3-7-15)19(26)14-28-21-23-18-9-5-4-8-17(18)20(27)25(21)16-10-11-16/h1-9,16H,10-11,13-14H2. The zero-order valence-corrected chi connectivity index (χ0v) is 15.9. The molecule has 0 radical (unpaired) electrons. The minimum absolute atomic E-state index is 0.0238. The fraction of sp³-hybridized carbons (Fsp3) is 0.238. The van der Waals surface area contributed by atoms with Crippen LogP contribution in [-0.2, 0) is 4.79 Å². The summed E-state index contributed by atoms with van der Waals surface area (Å²) in [6.07, 6.45) is 1.90. The van der Waals surface area contributed by atoms with Gasteiger partial charge in [0.25, 0.3) is 5.56 Å². The Bertz CT molecular complexity index is 1120. The Morgan fingerprint density at radius 1 is 1.18 bits per heavy atom. The van der Waals surface area contributed by atoms with Crippen molar-refractivity contribution in [1.82, 2.24) is 9.55 Å². The molecular weight excluding hydrogens is 372 g/mol. The Hall–Kier alpha value is -3.11. The van der Waals surface area contributed by atoms with Gasteiger partial charge in [-0.2, -0.15) is 5.26 Å². The number of carbonyl (C=O) groups is 1. The third-order valence-electron chi connectivity index (χ3n) is 4.61. The molecule has 4 rings (SSSR count). The van der Waals surface area contributed by atoms with E-state index in [9.17, 15) is 9.59 Å².